The summed E-state index contributed by atoms with van der Waals surface area (Å²) in [5.41, 5.74) is 0.596. The van der Waals surface area contributed by atoms with Crippen molar-refractivity contribution in [2.45, 2.75) is 37.8 Å². The Morgan fingerprint density at radius 3 is 3.00 bits per heavy atom. The number of aliphatic imine (C=N–C) groups is 1. The van der Waals surface area contributed by atoms with Gasteiger partial charge >= 0.3 is 0 Å². The minimum atomic E-state index is -0.292. The lowest BCUT2D eigenvalue weighted by Crippen LogP contribution is -2.42. The van der Waals surface area contributed by atoms with E-state index in [9.17, 15) is 9.50 Å². The van der Waals surface area contributed by atoms with Crippen molar-refractivity contribution < 1.29 is 9.50 Å². The summed E-state index contributed by atoms with van der Waals surface area (Å²) in [5, 5.41) is 13.6. The molecule has 120 valence electrons. The van der Waals surface area contributed by atoms with Crippen LogP contribution < -0.4 is 5.32 Å². The Morgan fingerprint density at radius 1 is 1.55 bits per heavy atom. The summed E-state index contributed by atoms with van der Waals surface area (Å²) < 4.78 is 14.0. The second kappa shape index (κ2) is 6.42. The van der Waals surface area contributed by atoms with E-state index in [-0.39, 0.29) is 23.9 Å². The van der Waals surface area contributed by atoms with Gasteiger partial charge in [0.25, 0.3) is 0 Å². The summed E-state index contributed by atoms with van der Waals surface area (Å²) in [6.07, 6.45) is 1.32. The fourth-order valence-corrected chi connectivity index (χ4v) is 3.33. The maximum Gasteiger partial charge on any atom is 0.194 e. The van der Waals surface area contributed by atoms with Crippen molar-refractivity contribution in [2.75, 3.05) is 19.6 Å². The van der Waals surface area contributed by atoms with Crippen LogP contribution in [0.1, 0.15) is 31.2 Å². The molecule has 3 atom stereocenters. The fraction of sp³-hybridized carbons (Fsp3) is 0.562. The van der Waals surface area contributed by atoms with E-state index in [0.29, 0.717) is 23.7 Å². The SMILES string of the molecule is CCN=C(NC1CC1c1c(F)cccc1Cl)N1CC[C@@H](O)C1. The Kier molecular flexibility index (Phi) is 4.54. The smallest absolute Gasteiger partial charge is 0.194 e. The molecule has 1 aromatic rings. The van der Waals surface area contributed by atoms with Crippen LogP contribution in [0.2, 0.25) is 5.02 Å². The molecule has 1 aromatic carbocycles. The van der Waals surface area contributed by atoms with Crippen LogP contribution in [0, 0.1) is 5.82 Å². The number of rotatable bonds is 3. The first-order valence-electron chi connectivity index (χ1n) is 7.78. The average molecular weight is 326 g/mol. The topological polar surface area (TPSA) is 47.9 Å². The van der Waals surface area contributed by atoms with Gasteiger partial charge in [-0.15, -0.1) is 0 Å². The first-order chi connectivity index (χ1) is 10.6. The lowest BCUT2D eigenvalue weighted by Gasteiger charge is -2.21. The van der Waals surface area contributed by atoms with Crippen molar-refractivity contribution in [2.24, 2.45) is 4.99 Å². The number of aliphatic hydroxyl groups is 1. The third kappa shape index (κ3) is 3.20. The summed E-state index contributed by atoms with van der Waals surface area (Å²) in [7, 11) is 0. The summed E-state index contributed by atoms with van der Waals surface area (Å²) in [4.78, 5) is 6.55. The molecule has 0 amide bonds. The van der Waals surface area contributed by atoms with Crippen LogP contribution in [0.3, 0.4) is 0 Å². The van der Waals surface area contributed by atoms with E-state index in [1.807, 2.05) is 6.92 Å². The molecule has 2 aliphatic rings. The highest BCUT2D eigenvalue weighted by molar-refractivity contribution is 6.31. The van der Waals surface area contributed by atoms with E-state index in [1.54, 1.807) is 12.1 Å². The van der Waals surface area contributed by atoms with Gasteiger partial charge in [0.2, 0.25) is 0 Å². The molecule has 0 spiro atoms. The van der Waals surface area contributed by atoms with E-state index < -0.39 is 0 Å². The van der Waals surface area contributed by atoms with Crippen LogP contribution in [0.25, 0.3) is 0 Å². The van der Waals surface area contributed by atoms with Gasteiger partial charge in [0.05, 0.1) is 6.10 Å². The molecule has 1 aliphatic heterocycles. The third-order valence-corrected chi connectivity index (χ3v) is 4.58. The van der Waals surface area contributed by atoms with E-state index in [2.05, 4.69) is 15.2 Å². The van der Waals surface area contributed by atoms with Crippen molar-refractivity contribution in [3.63, 3.8) is 0 Å². The number of hydrogen-bond acceptors (Lipinski definition) is 2. The Bertz CT molecular complexity index is 560. The molecule has 1 heterocycles. The molecule has 0 aromatic heterocycles. The minimum absolute atomic E-state index is 0.0864. The first-order valence-corrected chi connectivity index (χ1v) is 8.15. The van der Waals surface area contributed by atoms with Crippen molar-refractivity contribution in [1.29, 1.82) is 0 Å². The van der Waals surface area contributed by atoms with Crippen molar-refractivity contribution in [3.05, 3.63) is 34.6 Å². The first kappa shape index (κ1) is 15.6. The van der Waals surface area contributed by atoms with Gasteiger partial charge in [-0.2, -0.15) is 0 Å². The quantitative estimate of drug-likeness (QED) is 0.662. The molecular weight excluding hydrogens is 305 g/mol. The van der Waals surface area contributed by atoms with Crippen LogP contribution >= 0.6 is 11.6 Å². The number of halogens is 2. The van der Waals surface area contributed by atoms with Crippen molar-refractivity contribution in [3.8, 4) is 0 Å². The third-order valence-electron chi connectivity index (χ3n) is 4.25. The highest BCUT2D eigenvalue weighted by Gasteiger charge is 2.42. The van der Waals surface area contributed by atoms with Crippen LogP contribution in [-0.4, -0.2) is 47.7 Å². The zero-order valence-electron chi connectivity index (χ0n) is 12.6. The van der Waals surface area contributed by atoms with Crippen LogP contribution in [-0.2, 0) is 0 Å². The lowest BCUT2D eigenvalue weighted by atomic mass is 10.1. The maximum absolute atomic E-state index is 14.0. The average Bonchev–Trinajstić information content (AvgIpc) is 3.07. The Hall–Kier alpha value is -1.33. The maximum atomic E-state index is 14.0. The van der Waals surface area contributed by atoms with Crippen molar-refractivity contribution in [1.82, 2.24) is 10.2 Å². The zero-order chi connectivity index (χ0) is 15.7. The molecule has 6 heteroatoms. The van der Waals surface area contributed by atoms with Crippen molar-refractivity contribution >= 4 is 17.6 Å². The van der Waals surface area contributed by atoms with Gasteiger partial charge in [-0.05, 0) is 31.9 Å². The Balaban J connectivity index is 1.68. The predicted octanol–water partition coefficient (Wildman–Crippen LogP) is 2.37. The van der Waals surface area contributed by atoms with E-state index in [1.165, 1.54) is 6.07 Å². The predicted molar refractivity (Wildman–Crippen MR) is 85.9 cm³/mol. The summed E-state index contributed by atoms with van der Waals surface area (Å²) in [6, 6.07) is 4.96. The number of aliphatic hydroxyl groups excluding tert-OH is 1. The van der Waals surface area contributed by atoms with Gasteiger partial charge in [0.1, 0.15) is 5.82 Å². The highest BCUT2D eigenvalue weighted by atomic mass is 35.5. The van der Waals surface area contributed by atoms with Gasteiger partial charge < -0.3 is 15.3 Å². The number of benzene rings is 1. The minimum Gasteiger partial charge on any atom is -0.391 e. The van der Waals surface area contributed by atoms with Gasteiger partial charge in [0.15, 0.2) is 5.96 Å². The summed E-state index contributed by atoms with van der Waals surface area (Å²) in [6.45, 7) is 4.05. The normalized spacial score (nSPS) is 28.1. The number of hydrogen-bond donors (Lipinski definition) is 2. The molecule has 1 saturated heterocycles. The molecule has 1 aliphatic carbocycles. The monoisotopic (exact) mass is 325 g/mol. The van der Waals surface area contributed by atoms with Gasteiger partial charge in [0, 0.05) is 42.2 Å². The molecule has 2 fully saturated rings. The van der Waals surface area contributed by atoms with Gasteiger partial charge in [-0.25, -0.2) is 4.39 Å². The van der Waals surface area contributed by atoms with E-state index in [0.717, 1.165) is 25.3 Å². The van der Waals surface area contributed by atoms with Crippen LogP contribution in [0.15, 0.2) is 23.2 Å². The lowest BCUT2D eigenvalue weighted by molar-refractivity contribution is 0.187. The highest BCUT2D eigenvalue weighted by Crippen LogP contribution is 2.45. The second-order valence-corrected chi connectivity index (χ2v) is 6.32. The molecule has 2 unspecified atom stereocenters. The van der Waals surface area contributed by atoms with E-state index >= 15 is 0 Å². The molecular formula is C16H21ClFN3O. The molecule has 0 bridgehead atoms. The summed E-state index contributed by atoms with van der Waals surface area (Å²) in [5.74, 6) is 0.648. The molecule has 0 radical (unpaired) electrons. The second-order valence-electron chi connectivity index (χ2n) is 5.91. The zero-order valence-corrected chi connectivity index (χ0v) is 13.4. The van der Waals surface area contributed by atoms with E-state index in [4.69, 9.17) is 11.6 Å². The summed E-state index contributed by atoms with van der Waals surface area (Å²) >= 11 is 6.13. The number of guanidine groups is 1. The van der Waals surface area contributed by atoms with Gasteiger partial charge in [-0.1, -0.05) is 17.7 Å². The van der Waals surface area contributed by atoms with Gasteiger partial charge in [-0.3, -0.25) is 4.99 Å². The molecule has 2 N–H and O–H groups in total. The number of β-amino-alcohol motifs (C(OH)–C–C–N with tert-alkyl or cyclic N) is 1. The molecule has 3 rings (SSSR count). The standard InChI is InChI=1S/C16H21ClFN3O/c1-2-19-16(21-7-6-10(22)9-21)20-14-8-11(14)15-12(17)4-3-5-13(15)18/h3-5,10-11,14,22H,2,6-9H2,1H3,(H,19,20)/t10-,11?,14?/m1/s1. The number of nitrogens with zero attached hydrogens (tertiary/aromatic N) is 2. The Labute approximate surface area is 135 Å². The number of likely N-dealkylation sites (tertiary alicyclic amines) is 1. The molecule has 22 heavy (non-hydrogen) atoms. The Morgan fingerprint density at radius 2 is 2.36 bits per heavy atom. The van der Waals surface area contributed by atoms with Crippen LogP contribution in [0.5, 0.6) is 0 Å². The number of nitrogens with one attached hydrogen (secondary N) is 1. The fourth-order valence-electron chi connectivity index (χ4n) is 3.03. The molecule has 1 saturated carbocycles. The largest absolute Gasteiger partial charge is 0.391 e. The van der Waals surface area contributed by atoms with Crippen LogP contribution in [0.4, 0.5) is 4.39 Å². The molecule has 4 nitrogen and oxygen atoms in total.